The summed E-state index contributed by atoms with van der Waals surface area (Å²) in [6.45, 7) is 13.3. The molecule has 0 atom stereocenters. The number of rotatable bonds is 4. The van der Waals surface area contributed by atoms with Gasteiger partial charge in [0.15, 0.2) is 11.6 Å². The molecule has 252 valence electrons. The molecule has 8 nitrogen and oxygen atoms in total. The van der Waals surface area contributed by atoms with Gasteiger partial charge in [-0.3, -0.25) is 19.4 Å². The summed E-state index contributed by atoms with van der Waals surface area (Å²) in [6.07, 6.45) is 3.72. The molecule has 0 aromatic heterocycles. The molecule has 5 rings (SSSR count). The molecule has 8 heteroatoms. The van der Waals surface area contributed by atoms with Gasteiger partial charge in [-0.1, -0.05) is 72.8 Å². The minimum Gasteiger partial charge on any atom is -0.315 e. The van der Waals surface area contributed by atoms with Gasteiger partial charge in [-0.15, -0.1) is 0 Å². The molecular formula is C39H54N6O2. The van der Waals surface area contributed by atoms with Crippen molar-refractivity contribution in [2.45, 2.75) is 58.3 Å². The van der Waals surface area contributed by atoms with E-state index in [-0.39, 0.29) is 24.4 Å². The van der Waals surface area contributed by atoms with Crippen molar-refractivity contribution < 1.29 is 9.59 Å². The van der Waals surface area contributed by atoms with Crippen LogP contribution in [0.5, 0.6) is 0 Å². The second kappa shape index (κ2) is 19.5. The number of hydrogen-bond acceptors (Lipinski definition) is 8. The predicted octanol–water partition coefficient (Wildman–Crippen LogP) is 4.39. The van der Waals surface area contributed by atoms with Crippen LogP contribution in [0.2, 0.25) is 0 Å². The number of Topliss-reactive ketones (excluding diaryl/α,β-unsaturated/α-hetero) is 2. The number of carbonyl (C=O) groups excluding carboxylic acids is 2. The monoisotopic (exact) mass is 638 g/mol. The Morgan fingerprint density at radius 2 is 1.00 bits per heavy atom. The summed E-state index contributed by atoms with van der Waals surface area (Å²) in [5.74, 6) is 0.0769. The van der Waals surface area contributed by atoms with Crippen LogP contribution in [0.1, 0.15) is 75.1 Å². The van der Waals surface area contributed by atoms with Crippen LogP contribution in [0.25, 0.3) is 0 Å². The van der Waals surface area contributed by atoms with Gasteiger partial charge in [-0.2, -0.15) is 0 Å². The number of nitrogens with zero attached hydrogens (tertiary/aromatic N) is 2. The molecule has 3 aromatic rings. The summed E-state index contributed by atoms with van der Waals surface area (Å²) in [5, 5.41) is 14.2. The summed E-state index contributed by atoms with van der Waals surface area (Å²) in [4.78, 5) is 31.5. The normalized spacial score (nSPS) is 19.5. The SMILES string of the molecule is O=C1CCC(=O)c2ccccc2CN(Cc2ccc(CN3CCCNCCNCCCNCC3)cc2)CCCNCc2ccccc21. The zero-order valence-corrected chi connectivity index (χ0v) is 28.1. The van der Waals surface area contributed by atoms with Crippen molar-refractivity contribution in [2.24, 2.45) is 0 Å². The summed E-state index contributed by atoms with van der Waals surface area (Å²) < 4.78 is 0. The van der Waals surface area contributed by atoms with Gasteiger partial charge in [0.1, 0.15) is 0 Å². The highest BCUT2D eigenvalue weighted by Crippen LogP contribution is 2.20. The fraction of sp³-hybridized carbons (Fsp3) is 0.487. The van der Waals surface area contributed by atoms with Gasteiger partial charge in [-0.05, 0) is 74.2 Å². The van der Waals surface area contributed by atoms with Crippen molar-refractivity contribution in [1.82, 2.24) is 31.1 Å². The first-order chi connectivity index (χ1) is 23.2. The zero-order valence-electron chi connectivity index (χ0n) is 28.1. The van der Waals surface area contributed by atoms with Crippen LogP contribution < -0.4 is 21.3 Å². The van der Waals surface area contributed by atoms with Gasteiger partial charge < -0.3 is 21.3 Å². The van der Waals surface area contributed by atoms with Crippen LogP contribution in [0.15, 0.2) is 72.8 Å². The fourth-order valence-corrected chi connectivity index (χ4v) is 6.57. The van der Waals surface area contributed by atoms with E-state index in [1.54, 1.807) is 0 Å². The minimum absolute atomic E-state index is 0.0357. The van der Waals surface area contributed by atoms with Crippen molar-refractivity contribution in [3.63, 3.8) is 0 Å². The topological polar surface area (TPSA) is 88.7 Å². The smallest absolute Gasteiger partial charge is 0.163 e. The summed E-state index contributed by atoms with van der Waals surface area (Å²) in [5.41, 5.74) is 6.12. The molecule has 2 aliphatic heterocycles. The number of carbonyl (C=O) groups is 2. The Morgan fingerprint density at radius 3 is 1.68 bits per heavy atom. The number of nitrogens with one attached hydrogen (secondary N) is 4. The number of hydrogen-bond donors (Lipinski definition) is 4. The van der Waals surface area contributed by atoms with Crippen LogP contribution in [0.4, 0.5) is 0 Å². The molecule has 0 aliphatic carbocycles. The first-order valence-corrected chi connectivity index (χ1v) is 17.7. The molecule has 2 aliphatic rings. The lowest BCUT2D eigenvalue weighted by molar-refractivity contribution is 0.0916. The summed E-state index contributed by atoms with van der Waals surface area (Å²) >= 11 is 0. The number of fused-ring (bicyclic) bond motifs is 2. The van der Waals surface area contributed by atoms with Crippen molar-refractivity contribution in [3.05, 3.63) is 106 Å². The summed E-state index contributed by atoms with van der Waals surface area (Å²) in [6, 6.07) is 24.9. The van der Waals surface area contributed by atoms with Crippen LogP contribution >= 0.6 is 0 Å². The van der Waals surface area contributed by atoms with Crippen molar-refractivity contribution >= 4 is 11.6 Å². The highest BCUT2D eigenvalue weighted by Gasteiger charge is 2.18. The second-order valence-corrected chi connectivity index (χ2v) is 13.0. The van der Waals surface area contributed by atoms with Gasteiger partial charge in [0.2, 0.25) is 0 Å². The Labute approximate surface area is 281 Å². The standard InChI is InChI=1S/C39H54N6O2/c46-38-16-17-39(47)37-11-4-2-9-35(37)31-45(26-7-21-43-28-34-8-1-3-10-36(34)38)30-33-14-12-32(13-15-33)29-44-25-6-20-41-23-22-40-18-5-19-42-24-27-44/h1-4,8-15,40-43H,5-7,16-31H2. The third kappa shape index (κ3) is 11.7. The van der Waals surface area contributed by atoms with E-state index >= 15 is 0 Å². The second-order valence-electron chi connectivity index (χ2n) is 13.0. The third-order valence-corrected chi connectivity index (χ3v) is 9.21. The van der Waals surface area contributed by atoms with Crippen molar-refractivity contribution in [1.29, 1.82) is 0 Å². The van der Waals surface area contributed by atoms with Crippen LogP contribution in [-0.2, 0) is 26.2 Å². The first kappa shape index (κ1) is 35.1. The maximum absolute atomic E-state index is 13.4. The Bertz CT molecular complexity index is 1380. The zero-order chi connectivity index (χ0) is 32.5. The number of ketones is 2. The molecule has 47 heavy (non-hydrogen) atoms. The molecule has 1 fully saturated rings. The average molecular weight is 639 g/mol. The van der Waals surface area contributed by atoms with E-state index in [1.807, 2.05) is 42.5 Å². The Hall–Kier alpha value is -3.24. The highest BCUT2D eigenvalue weighted by molar-refractivity contribution is 6.03. The van der Waals surface area contributed by atoms with E-state index in [0.717, 1.165) is 120 Å². The van der Waals surface area contributed by atoms with E-state index in [9.17, 15) is 9.59 Å². The Balaban J connectivity index is 1.23. The maximum atomic E-state index is 13.4. The summed E-state index contributed by atoms with van der Waals surface area (Å²) in [7, 11) is 0. The molecule has 0 radical (unpaired) electrons. The van der Waals surface area contributed by atoms with E-state index < -0.39 is 0 Å². The van der Waals surface area contributed by atoms with E-state index in [0.29, 0.717) is 13.1 Å². The van der Waals surface area contributed by atoms with Gasteiger partial charge in [0, 0.05) is 82.9 Å². The van der Waals surface area contributed by atoms with Crippen LogP contribution in [-0.4, -0.2) is 86.8 Å². The molecule has 0 bridgehead atoms. The molecule has 0 spiro atoms. The van der Waals surface area contributed by atoms with Gasteiger partial charge in [0.25, 0.3) is 0 Å². The van der Waals surface area contributed by atoms with Crippen molar-refractivity contribution in [2.75, 3.05) is 65.4 Å². The largest absolute Gasteiger partial charge is 0.315 e. The van der Waals surface area contributed by atoms with Crippen molar-refractivity contribution in [3.8, 4) is 0 Å². The minimum atomic E-state index is 0.0357. The third-order valence-electron chi connectivity index (χ3n) is 9.21. The molecule has 0 unspecified atom stereocenters. The quantitative estimate of drug-likeness (QED) is 0.335. The predicted molar refractivity (Wildman–Crippen MR) is 191 cm³/mol. The number of benzene rings is 3. The first-order valence-electron chi connectivity index (χ1n) is 17.7. The van der Waals surface area contributed by atoms with E-state index in [2.05, 4.69) is 61.4 Å². The van der Waals surface area contributed by atoms with Crippen LogP contribution in [0, 0.1) is 0 Å². The molecule has 0 saturated carbocycles. The van der Waals surface area contributed by atoms with E-state index in [4.69, 9.17) is 0 Å². The lowest BCUT2D eigenvalue weighted by Gasteiger charge is -2.25. The van der Waals surface area contributed by atoms with Gasteiger partial charge >= 0.3 is 0 Å². The van der Waals surface area contributed by atoms with Gasteiger partial charge in [-0.25, -0.2) is 0 Å². The van der Waals surface area contributed by atoms with Gasteiger partial charge in [0.05, 0.1) is 0 Å². The lowest BCUT2D eigenvalue weighted by Crippen LogP contribution is -2.36. The maximum Gasteiger partial charge on any atom is 0.163 e. The Morgan fingerprint density at radius 1 is 0.489 bits per heavy atom. The molecule has 4 N–H and O–H groups in total. The average Bonchev–Trinajstić information content (AvgIpc) is 3.09. The highest BCUT2D eigenvalue weighted by atomic mass is 16.1. The molecule has 1 saturated heterocycles. The Kier molecular flexibility index (Phi) is 14.6. The van der Waals surface area contributed by atoms with E-state index in [1.165, 1.54) is 11.1 Å². The molecule has 0 amide bonds. The molecular weight excluding hydrogens is 584 g/mol. The lowest BCUT2D eigenvalue weighted by atomic mass is 9.96. The fourth-order valence-electron chi connectivity index (χ4n) is 6.57. The van der Waals surface area contributed by atoms with Crippen LogP contribution in [0.3, 0.4) is 0 Å². The molecule has 3 aromatic carbocycles. The molecule has 2 heterocycles.